The third kappa shape index (κ3) is 3.12. The highest BCUT2D eigenvalue weighted by molar-refractivity contribution is 6.42. The Labute approximate surface area is 184 Å². The molecule has 1 saturated heterocycles. The molecule has 154 valence electrons. The molecule has 3 amide bonds. The van der Waals surface area contributed by atoms with Crippen LogP contribution in [0.2, 0.25) is 10.0 Å². The monoisotopic (exact) mass is 442 g/mol. The molecule has 1 aliphatic heterocycles. The molecule has 7 heteroatoms. The fraction of sp³-hybridized carbons (Fsp3) is 0.348. The Morgan fingerprint density at radius 1 is 0.967 bits per heavy atom. The largest absolute Gasteiger partial charge is 0.324 e. The van der Waals surface area contributed by atoms with Gasteiger partial charge in [-0.2, -0.15) is 0 Å². The Bertz CT molecular complexity index is 1040. The van der Waals surface area contributed by atoms with Gasteiger partial charge in [0.25, 0.3) is 0 Å². The molecule has 0 unspecified atom stereocenters. The van der Waals surface area contributed by atoms with Crippen LogP contribution in [-0.4, -0.2) is 29.2 Å². The molecule has 1 heterocycles. The Kier molecular flexibility index (Phi) is 4.83. The van der Waals surface area contributed by atoms with E-state index in [-0.39, 0.29) is 42.0 Å². The molecule has 5 nitrogen and oxygen atoms in total. The summed E-state index contributed by atoms with van der Waals surface area (Å²) in [5, 5.41) is 3.39. The smallest absolute Gasteiger partial charge is 0.244 e. The summed E-state index contributed by atoms with van der Waals surface area (Å²) in [5.74, 6) is -0.733. The van der Waals surface area contributed by atoms with Crippen LogP contribution in [0.4, 0.5) is 5.69 Å². The van der Waals surface area contributed by atoms with Crippen molar-refractivity contribution in [3.63, 3.8) is 0 Å². The third-order valence-corrected chi connectivity index (χ3v) is 7.58. The van der Waals surface area contributed by atoms with Crippen LogP contribution >= 0.6 is 23.2 Å². The van der Waals surface area contributed by atoms with Crippen LogP contribution in [0.15, 0.2) is 48.5 Å². The van der Waals surface area contributed by atoms with E-state index in [0.717, 1.165) is 17.7 Å². The second kappa shape index (κ2) is 7.40. The highest BCUT2D eigenvalue weighted by atomic mass is 35.5. The Morgan fingerprint density at radius 2 is 1.70 bits per heavy atom. The van der Waals surface area contributed by atoms with Gasteiger partial charge in [-0.15, -0.1) is 0 Å². The van der Waals surface area contributed by atoms with Crippen LogP contribution in [-0.2, 0) is 14.4 Å². The molecule has 30 heavy (non-hydrogen) atoms. The lowest BCUT2D eigenvalue weighted by atomic mass is 9.73. The standard InChI is InChI=1S/C23H20Cl2N2O3/c24-17-7-6-14(10-18(17)25)26-19(28)11-27-22(29)20-13-8-15(12-4-2-1-3-5-12)16(9-13)21(20)23(27)30/h1-7,10,13,15-16,20-21H,8-9,11H2,(H,26,28)/t13-,15-,16+,20+,21+/m0/s1. The Morgan fingerprint density at radius 3 is 2.43 bits per heavy atom. The zero-order valence-electron chi connectivity index (χ0n) is 16.1. The lowest BCUT2D eigenvalue weighted by Gasteiger charge is -2.28. The molecule has 2 aromatic rings. The van der Waals surface area contributed by atoms with Gasteiger partial charge in [0.1, 0.15) is 6.54 Å². The predicted octanol–water partition coefficient (Wildman–Crippen LogP) is 4.36. The van der Waals surface area contributed by atoms with Gasteiger partial charge in [-0.1, -0.05) is 53.5 Å². The van der Waals surface area contributed by atoms with Crippen LogP contribution in [0.25, 0.3) is 0 Å². The van der Waals surface area contributed by atoms with Crippen molar-refractivity contribution < 1.29 is 14.4 Å². The average molecular weight is 443 g/mol. The molecule has 0 spiro atoms. The van der Waals surface area contributed by atoms with Gasteiger partial charge in [-0.05, 0) is 54.4 Å². The SMILES string of the molecule is O=C(CN1C(=O)[C@@H]2[C@@H]3C[C@@H]([C@H]2C1=O)[C@H](c1ccccc1)C3)Nc1ccc(Cl)c(Cl)c1. The number of benzene rings is 2. The fourth-order valence-corrected chi connectivity index (χ4v) is 5.98. The molecule has 5 atom stereocenters. The van der Waals surface area contributed by atoms with Crippen LogP contribution in [0.3, 0.4) is 0 Å². The maximum absolute atomic E-state index is 13.1. The molecule has 0 radical (unpaired) electrons. The lowest BCUT2D eigenvalue weighted by molar-refractivity contribution is -0.143. The number of likely N-dealkylation sites (tertiary alicyclic amines) is 1. The van der Waals surface area contributed by atoms with Gasteiger partial charge in [0.15, 0.2) is 0 Å². The number of nitrogens with zero attached hydrogens (tertiary/aromatic N) is 1. The number of halogens is 2. The molecule has 0 aromatic heterocycles. The minimum absolute atomic E-state index is 0.169. The predicted molar refractivity (Wildman–Crippen MR) is 114 cm³/mol. The summed E-state index contributed by atoms with van der Waals surface area (Å²) in [6.45, 7) is -0.277. The number of anilines is 1. The number of amides is 3. The zero-order chi connectivity index (χ0) is 21.0. The number of rotatable bonds is 4. The Balaban J connectivity index is 1.31. The first-order chi connectivity index (χ1) is 14.4. The second-order valence-electron chi connectivity index (χ2n) is 8.40. The van der Waals surface area contributed by atoms with E-state index in [4.69, 9.17) is 23.2 Å². The van der Waals surface area contributed by atoms with E-state index in [1.165, 1.54) is 11.6 Å². The summed E-state index contributed by atoms with van der Waals surface area (Å²) in [4.78, 5) is 39.8. The van der Waals surface area contributed by atoms with Crippen molar-refractivity contribution in [2.45, 2.75) is 18.8 Å². The summed E-state index contributed by atoms with van der Waals surface area (Å²) in [7, 11) is 0. The molecule has 2 bridgehead atoms. The number of carbonyl (C=O) groups is 3. The van der Waals surface area contributed by atoms with E-state index in [2.05, 4.69) is 17.4 Å². The normalized spacial score (nSPS) is 29.4. The van der Waals surface area contributed by atoms with E-state index in [1.54, 1.807) is 12.1 Å². The van der Waals surface area contributed by atoms with E-state index in [0.29, 0.717) is 21.7 Å². The number of carbonyl (C=O) groups excluding carboxylic acids is 3. The molecular formula is C23H20Cl2N2O3. The molecule has 3 fully saturated rings. The highest BCUT2D eigenvalue weighted by Gasteiger charge is 2.63. The summed E-state index contributed by atoms with van der Waals surface area (Å²) >= 11 is 11.9. The van der Waals surface area contributed by atoms with Gasteiger partial charge in [-0.3, -0.25) is 19.3 Å². The minimum Gasteiger partial charge on any atom is -0.324 e. The molecule has 2 aliphatic carbocycles. The molecule has 3 aliphatic rings. The van der Waals surface area contributed by atoms with Crippen molar-refractivity contribution in [2.75, 3.05) is 11.9 Å². The van der Waals surface area contributed by atoms with E-state index in [1.807, 2.05) is 18.2 Å². The highest BCUT2D eigenvalue weighted by Crippen LogP contribution is 2.61. The molecule has 5 rings (SSSR count). The summed E-state index contributed by atoms with van der Waals surface area (Å²) in [6.07, 6.45) is 1.84. The third-order valence-electron chi connectivity index (χ3n) is 6.84. The topological polar surface area (TPSA) is 66.5 Å². The van der Waals surface area contributed by atoms with Crippen molar-refractivity contribution in [1.82, 2.24) is 4.90 Å². The van der Waals surface area contributed by atoms with Gasteiger partial charge in [0.05, 0.1) is 21.9 Å². The zero-order valence-corrected chi connectivity index (χ0v) is 17.6. The van der Waals surface area contributed by atoms with Crippen molar-refractivity contribution in [1.29, 1.82) is 0 Å². The average Bonchev–Trinajstić information content (AvgIpc) is 3.39. The first-order valence-electron chi connectivity index (χ1n) is 10.1. The number of nitrogens with one attached hydrogen (secondary N) is 1. The van der Waals surface area contributed by atoms with Gasteiger partial charge in [0, 0.05) is 5.69 Å². The first kappa shape index (κ1) is 19.6. The molecular weight excluding hydrogens is 423 g/mol. The van der Waals surface area contributed by atoms with Crippen molar-refractivity contribution >= 4 is 46.6 Å². The molecule has 1 N–H and O–H groups in total. The van der Waals surface area contributed by atoms with Crippen molar-refractivity contribution in [3.8, 4) is 0 Å². The maximum atomic E-state index is 13.1. The number of fused-ring (bicyclic) bond motifs is 5. The van der Waals surface area contributed by atoms with Crippen molar-refractivity contribution in [2.24, 2.45) is 23.7 Å². The summed E-state index contributed by atoms with van der Waals surface area (Å²) < 4.78 is 0. The van der Waals surface area contributed by atoms with E-state index in [9.17, 15) is 14.4 Å². The van der Waals surface area contributed by atoms with Crippen molar-refractivity contribution in [3.05, 3.63) is 64.1 Å². The molecule has 2 aromatic carbocycles. The number of hydrogen-bond acceptors (Lipinski definition) is 3. The van der Waals surface area contributed by atoms with E-state index >= 15 is 0 Å². The van der Waals surface area contributed by atoms with Gasteiger partial charge in [0.2, 0.25) is 17.7 Å². The van der Waals surface area contributed by atoms with Gasteiger partial charge < -0.3 is 5.32 Å². The fourth-order valence-electron chi connectivity index (χ4n) is 5.68. The van der Waals surface area contributed by atoms with E-state index < -0.39 is 5.91 Å². The van der Waals surface area contributed by atoms with Gasteiger partial charge in [-0.25, -0.2) is 0 Å². The minimum atomic E-state index is -0.429. The Hall–Kier alpha value is -2.37. The van der Waals surface area contributed by atoms with Crippen LogP contribution in [0.5, 0.6) is 0 Å². The van der Waals surface area contributed by atoms with Crippen LogP contribution < -0.4 is 5.32 Å². The lowest BCUT2D eigenvalue weighted by Crippen LogP contribution is -2.39. The number of hydrogen-bond donors (Lipinski definition) is 1. The van der Waals surface area contributed by atoms with Gasteiger partial charge >= 0.3 is 0 Å². The van der Waals surface area contributed by atoms with Crippen LogP contribution in [0, 0.1) is 23.7 Å². The molecule has 2 saturated carbocycles. The first-order valence-corrected chi connectivity index (χ1v) is 10.8. The maximum Gasteiger partial charge on any atom is 0.244 e. The summed E-state index contributed by atoms with van der Waals surface area (Å²) in [5.41, 5.74) is 1.71. The van der Waals surface area contributed by atoms with Crippen LogP contribution in [0.1, 0.15) is 24.3 Å². The second-order valence-corrected chi connectivity index (χ2v) is 9.22. The quantitative estimate of drug-likeness (QED) is 0.715. The number of imide groups is 1. The summed E-state index contributed by atoms with van der Waals surface area (Å²) in [6, 6.07) is 15.0.